The first-order chi connectivity index (χ1) is 16.4. The highest BCUT2D eigenvalue weighted by Crippen LogP contribution is 2.28. The van der Waals surface area contributed by atoms with Gasteiger partial charge in [-0.3, -0.25) is 19.7 Å². The third kappa shape index (κ3) is 6.95. The topological polar surface area (TPSA) is 123 Å². The van der Waals surface area contributed by atoms with Crippen LogP contribution in [0.2, 0.25) is 0 Å². The predicted octanol–water partition coefficient (Wildman–Crippen LogP) is 3.58. The Balaban J connectivity index is 1.50. The number of hydrogen-bond donors (Lipinski definition) is 2. The largest absolute Gasteiger partial charge is 0.482 e. The molecule has 0 fully saturated rings. The van der Waals surface area contributed by atoms with Crippen molar-refractivity contribution in [2.75, 3.05) is 6.54 Å². The van der Waals surface area contributed by atoms with Gasteiger partial charge in [-0.2, -0.15) is 5.10 Å². The lowest BCUT2D eigenvalue weighted by Crippen LogP contribution is -2.29. The molecule has 0 aromatic heterocycles. The minimum absolute atomic E-state index is 0.0204. The fourth-order valence-electron chi connectivity index (χ4n) is 2.88. The molecule has 0 radical (unpaired) electrons. The summed E-state index contributed by atoms with van der Waals surface area (Å²) in [6.45, 7) is 0.159. The van der Waals surface area contributed by atoms with E-state index >= 15 is 0 Å². The summed E-state index contributed by atoms with van der Waals surface area (Å²) < 4.78 is 19.1. The van der Waals surface area contributed by atoms with E-state index in [1.54, 1.807) is 6.07 Å². The number of nitrogens with one attached hydrogen (secondary N) is 2. The normalized spacial score (nSPS) is 10.6. The molecule has 0 unspecified atom stereocenters. The fraction of sp³-hybridized carbons (Fsp3) is 0.125. The van der Waals surface area contributed by atoms with Gasteiger partial charge in [0, 0.05) is 24.6 Å². The zero-order valence-corrected chi connectivity index (χ0v) is 17.9. The second kappa shape index (κ2) is 11.9. The van der Waals surface area contributed by atoms with Gasteiger partial charge in [0.1, 0.15) is 12.4 Å². The molecule has 0 saturated carbocycles. The molecule has 2 N–H and O–H groups in total. The van der Waals surface area contributed by atoms with E-state index in [0.29, 0.717) is 5.56 Å². The lowest BCUT2D eigenvalue weighted by atomic mass is 10.2. The van der Waals surface area contributed by atoms with Crippen LogP contribution < -0.4 is 15.5 Å². The van der Waals surface area contributed by atoms with Crippen molar-refractivity contribution in [1.82, 2.24) is 10.7 Å². The molecule has 0 atom stereocenters. The quantitative estimate of drug-likeness (QED) is 0.270. The molecule has 34 heavy (non-hydrogen) atoms. The molecule has 0 aliphatic heterocycles. The van der Waals surface area contributed by atoms with Gasteiger partial charge in [0.25, 0.3) is 5.91 Å². The van der Waals surface area contributed by atoms with Crippen LogP contribution in [-0.2, 0) is 11.4 Å². The van der Waals surface area contributed by atoms with Crippen LogP contribution in [0.15, 0.2) is 77.9 Å². The summed E-state index contributed by atoms with van der Waals surface area (Å²) in [7, 11) is 0. The van der Waals surface area contributed by atoms with Crippen LogP contribution >= 0.6 is 0 Å². The van der Waals surface area contributed by atoms with Gasteiger partial charge in [0.2, 0.25) is 5.91 Å². The first-order valence-electron chi connectivity index (χ1n) is 10.2. The molecular weight excluding hydrogens is 443 g/mol. The van der Waals surface area contributed by atoms with Gasteiger partial charge in [-0.05, 0) is 29.8 Å². The Morgan fingerprint density at radius 3 is 2.53 bits per heavy atom. The number of carbonyl (C=O) groups excluding carboxylic acids is 2. The Labute approximate surface area is 194 Å². The Bertz CT molecular complexity index is 1200. The number of nitro groups is 1. The molecule has 3 aromatic carbocycles. The average molecular weight is 464 g/mol. The van der Waals surface area contributed by atoms with Crippen molar-refractivity contribution >= 4 is 23.7 Å². The molecule has 0 aliphatic rings. The van der Waals surface area contributed by atoms with Crippen molar-refractivity contribution < 1.29 is 23.6 Å². The van der Waals surface area contributed by atoms with E-state index in [0.717, 1.165) is 5.56 Å². The van der Waals surface area contributed by atoms with Gasteiger partial charge >= 0.3 is 5.69 Å². The molecule has 0 saturated heterocycles. The SMILES string of the molecule is O=C(CCNC(=O)c1ccccc1F)NN=Cc1ccc(OCc2ccccc2)c([N+](=O)[O-])c1. The number of nitrogens with zero attached hydrogens (tertiary/aromatic N) is 2. The first kappa shape index (κ1) is 24.1. The van der Waals surface area contributed by atoms with Crippen molar-refractivity contribution in [3.8, 4) is 5.75 Å². The summed E-state index contributed by atoms with van der Waals surface area (Å²) in [5, 5.41) is 17.6. The van der Waals surface area contributed by atoms with Gasteiger partial charge in [-0.15, -0.1) is 0 Å². The maximum atomic E-state index is 13.6. The lowest BCUT2D eigenvalue weighted by Gasteiger charge is -2.07. The van der Waals surface area contributed by atoms with Crippen molar-refractivity contribution in [3.63, 3.8) is 0 Å². The second-order valence-electron chi connectivity index (χ2n) is 7.04. The number of ether oxygens (including phenoxy) is 1. The standard InChI is InChI=1S/C24H21FN4O5/c25-20-9-5-4-8-19(20)24(31)26-13-12-23(30)28-27-15-18-10-11-22(21(14-18)29(32)33)34-16-17-6-2-1-3-7-17/h1-11,14-15H,12-13,16H2,(H,26,31)(H,28,30). The van der Waals surface area contributed by atoms with E-state index in [-0.39, 0.29) is 36.6 Å². The number of amides is 2. The molecule has 0 heterocycles. The van der Waals surface area contributed by atoms with Gasteiger partial charge in [0.15, 0.2) is 5.75 Å². The molecule has 3 aromatic rings. The van der Waals surface area contributed by atoms with Gasteiger partial charge in [-0.25, -0.2) is 9.82 Å². The minimum Gasteiger partial charge on any atom is -0.482 e. The molecule has 10 heteroatoms. The molecule has 0 bridgehead atoms. The van der Waals surface area contributed by atoms with Gasteiger partial charge in [0.05, 0.1) is 16.7 Å². The highest BCUT2D eigenvalue weighted by molar-refractivity contribution is 5.94. The van der Waals surface area contributed by atoms with Crippen molar-refractivity contribution in [1.29, 1.82) is 0 Å². The van der Waals surface area contributed by atoms with Crippen LogP contribution in [0.1, 0.15) is 27.9 Å². The molecule has 3 rings (SSSR count). The summed E-state index contributed by atoms with van der Waals surface area (Å²) >= 11 is 0. The summed E-state index contributed by atoms with van der Waals surface area (Å²) in [5.74, 6) is -1.67. The number of hydrogen-bond acceptors (Lipinski definition) is 6. The number of carbonyl (C=O) groups is 2. The van der Waals surface area contributed by atoms with E-state index in [4.69, 9.17) is 4.74 Å². The van der Waals surface area contributed by atoms with Gasteiger partial charge in [-0.1, -0.05) is 42.5 Å². The Hall–Kier alpha value is -4.60. The smallest absolute Gasteiger partial charge is 0.311 e. The van der Waals surface area contributed by atoms with Gasteiger partial charge < -0.3 is 10.1 Å². The van der Waals surface area contributed by atoms with Crippen LogP contribution in [0.3, 0.4) is 0 Å². The van der Waals surface area contributed by atoms with Crippen LogP contribution in [-0.4, -0.2) is 29.5 Å². The number of nitro benzene ring substituents is 1. The molecule has 2 amide bonds. The summed E-state index contributed by atoms with van der Waals surface area (Å²) in [4.78, 5) is 34.7. The molecule has 174 valence electrons. The third-order valence-corrected chi connectivity index (χ3v) is 4.58. The van der Waals surface area contributed by atoms with Crippen molar-refractivity contribution in [2.24, 2.45) is 5.10 Å². The third-order valence-electron chi connectivity index (χ3n) is 4.58. The van der Waals surface area contributed by atoms with Crippen LogP contribution in [0.4, 0.5) is 10.1 Å². The van der Waals surface area contributed by atoms with E-state index in [2.05, 4.69) is 15.8 Å². The van der Waals surface area contributed by atoms with E-state index in [9.17, 15) is 24.1 Å². The van der Waals surface area contributed by atoms with Crippen LogP contribution in [0.25, 0.3) is 0 Å². The number of rotatable bonds is 10. The average Bonchev–Trinajstić information content (AvgIpc) is 2.84. The molecule has 0 aliphatic carbocycles. The van der Waals surface area contributed by atoms with E-state index < -0.39 is 22.6 Å². The zero-order valence-electron chi connectivity index (χ0n) is 17.9. The Kier molecular flexibility index (Phi) is 8.39. The molecule has 9 nitrogen and oxygen atoms in total. The predicted molar refractivity (Wildman–Crippen MR) is 123 cm³/mol. The Morgan fingerprint density at radius 2 is 1.79 bits per heavy atom. The lowest BCUT2D eigenvalue weighted by molar-refractivity contribution is -0.385. The molecule has 0 spiro atoms. The second-order valence-corrected chi connectivity index (χ2v) is 7.04. The number of hydrazone groups is 1. The summed E-state index contributed by atoms with van der Waals surface area (Å²) in [5.41, 5.74) is 3.18. The monoisotopic (exact) mass is 464 g/mol. The van der Waals surface area contributed by atoms with Crippen LogP contribution in [0, 0.1) is 15.9 Å². The maximum Gasteiger partial charge on any atom is 0.311 e. The number of halogens is 1. The summed E-state index contributed by atoms with van der Waals surface area (Å²) in [6, 6.07) is 19.1. The maximum absolute atomic E-state index is 13.6. The minimum atomic E-state index is -0.653. The Morgan fingerprint density at radius 1 is 1.06 bits per heavy atom. The van der Waals surface area contributed by atoms with E-state index in [1.807, 2.05) is 30.3 Å². The summed E-state index contributed by atoms with van der Waals surface area (Å²) in [6.07, 6.45) is 1.16. The van der Waals surface area contributed by atoms with Crippen LogP contribution in [0.5, 0.6) is 5.75 Å². The fourth-order valence-corrected chi connectivity index (χ4v) is 2.88. The number of benzene rings is 3. The van der Waals surface area contributed by atoms with E-state index in [1.165, 1.54) is 42.6 Å². The van der Waals surface area contributed by atoms with Crippen molar-refractivity contribution in [3.05, 3.63) is 105 Å². The highest BCUT2D eigenvalue weighted by Gasteiger charge is 2.16. The first-order valence-corrected chi connectivity index (χ1v) is 10.2. The molecular formula is C24H21FN4O5. The van der Waals surface area contributed by atoms with Crippen molar-refractivity contribution in [2.45, 2.75) is 13.0 Å². The zero-order chi connectivity index (χ0) is 24.3. The highest BCUT2D eigenvalue weighted by atomic mass is 19.1.